The lowest BCUT2D eigenvalue weighted by atomic mass is 10.0. The van der Waals surface area contributed by atoms with E-state index in [0.717, 1.165) is 68.2 Å². The summed E-state index contributed by atoms with van der Waals surface area (Å²) in [6, 6.07) is 0. The molecule has 0 aromatic rings. The number of nitrogens with one attached hydrogen (secondary N) is 2. The van der Waals surface area contributed by atoms with Gasteiger partial charge in [0.25, 0.3) is 0 Å². The Balaban J connectivity index is 3.75. The smallest absolute Gasteiger partial charge is 0.219 e. The van der Waals surface area contributed by atoms with Crippen LogP contribution in [0.2, 0.25) is 0 Å². The van der Waals surface area contributed by atoms with Crippen LogP contribution < -0.4 is 10.6 Å². The monoisotopic (exact) mass is 735 g/mol. The normalized spacial score (nSPS) is 11.9. The highest BCUT2D eigenvalue weighted by Gasteiger charge is 2.20. The Morgan fingerprint density at radius 1 is 0.404 bits per heavy atom. The number of nitrogens with zero attached hydrogens (tertiary/aromatic N) is 1. The minimum atomic E-state index is 0.229. The molecule has 0 saturated heterocycles. The van der Waals surface area contributed by atoms with E-state index in [9.17, 15) is 9.59 Å². The third kappa shape index (κ3) is 38.6. The summed E-state index contributed by atoms with van der Waals surface area (Å²) >= 11 is 0. The van der Waals surface area contributed by atoms with Gasteiger partial charge < -0.3 is 15.1 Å². The fraction of sp³-hybridized carbons (Fsp3) is 0.957. The molecule has 0 aromatic carbocycles. The van der Waals surface area contributed by atoms with Crippen molar-refractivity contribution in [1.29, 1.82) is 0 Å². The van der Waals surface area contributed by atoms with Crippen molar-refractivity contribution >= 4 is 11.8 Å². The Morgan fingerprint density at radius 2 is 0.673 bits per heavy atom. The highest BCUT2D eigenvalue weighted by molar-refractivity contribution is 5.76. The molecular weight excluding hydrogens is 639 g/mol. The molecule has 5 heteroatoms. The van der Waals surface area contributed by atoms with Crippen LogP contribution in [0.3, 0.4) is 0 Å². The van der Waals surface area contributed by atoms with Gasteiger partial charge in [0.15, 0.2) is 0 Å². The highest BCUT2D eigenvalue weighted by Crippen LogP contribution is 2.16. The fourth-order valence-corrected chi connectivity index (χ4v) is 7.64. The van der Waals surface area contributed by atoms with E-state index in [2.05, 4.69) is 52.3 Å². The van der Waals surface area contributed by atoms with Gasteiger partial charge in [0.2, 0.25) is 11.8 Å². The topological polar surface area (TPSA) is 58.2 Å². The SMILES string of the molecule is CCCC[N+](C)(CCCNC(=O)CCCCCCCCCCCCCCC(C)C)CCCNC(=O)CCCCCCCCCCCCCCC(C)C. The molecule has 0 unspecified atom stereocenters. The summed E-state index contributed by atoms with van der Waals surface area (Å²) < 4.78 is 1.04. The second-order valence-electron chi connectivity index (χ2n) is 17.9. The molecule has 0 aliphatic rings. The predicted octanol–water partition coefficient (Wildman–Crippen LogP) is 13.5. The van der Waals surface area contributed by atoms with Gasteiger partial charge in [0.1, 0.15) is 0 Å². The van der Waals surface area contributed by atoms with E-state index in [-0.39, 0.29) is 11.8 Å². The first-order valence-electron chi connectivity index (χ1n) is 23.6. The zero-order valence-electron chi connectivity index (χ0n) is 36.6. The van der Waals surface area contributed by atoms with Crippen molar-refractivity contribution < 1.29 is 14.1 Å². The summed E-state index contributed by atoms with van der Waals surface area (Å²) in [6.45, 7) is 16.5. The second kappa shape index (κ2) is 38.2. The van der Waals surface area contributed by atoms with E-state index in [1.165, 1.54) is 173 Å². The van der Waals surface area contributed by atoms with Crippen molar-refractivity contribution in [3.05, 3.63) is 0 Å². The van der Waals surface area contributed by atoms with Crippen molar-refractivity contribution in [2.24, 2.45) is 11.8 Å². The number of amides is 2. The van der Waals surface area contributed by atoms with Crippen LogP contribution >= 0.6 is 0 Å². The lowest BCUT2D eigenvalue weighted by molar-refractivity contribution is -0.910. The summed E-state index contributed by atoms with van der Waals surface area (Å²) in [6.07, 6.45) is 40.7. The van der Waals surface area contributed by atoms with Gasteiger partial charge in [-0.25, -0.2) is 0 Å². The number of hydrogen-bond acceptors (Lipinski definition) is 2. The molecule has 0 radical (unpaired) electrons. The van der Waals surface area contributed by atoms with Crippen LogP contribution in [0.25, 0.3) is 0 Å². The number of carbonyl (C=O) groups excluding carboxylic acids is 2. The summed E-state index contributed by atoms with van der Waals surface area (Å²) in [7, 11) is 2.36. The van der Waals surface area contributed by atoms with Gasteiger partial charge in [-0.3, -0.25) is 9.59 Å². The molecule has 5 nitrogen and oxygen atoms in total. The number of unbranched alkanes of at least 4 members (excludes halogenated alkanes) is 23. The maximum atomic E-state index is 12.4. The van der Waals surface area contributed by atoms with Gasteiger partial charge in [0, 0.05) is 38.8 Å². The zero-order valence-corrected chi connectivity index (χ0v) is 36.6. The Morgan fingerprint density at radius 3 is 0.962 bits per heavy atom. The summed E-state index contributed by atoms with van der Waals surface area (Å²) in [5, 5.41) is 6.38. The standard InChI is InChI=1S/C47H95N3O2/c1-7-8-41-50(6,42-33-39-48-46(51)37-31-27-23-19-15-11-9-13-17-21-25-29-35-44(2)3)43-34-40-49-47(52)38-32-28-24-20-16-12-10-14-18-22-26-30-36-45(4)5/h44-45H,7-43H2,1-6H3,(H-,48,49,51,52)/p+1. The third-order valence-corrected chi connectivity index (χ3v) is 11.3. The molecule has 2 N–H and O–H groups in total. The Labute approximate surface area is 327 Å². The van der Waals surface area contributed by atoms with Crippen LogP contribution in [-0.2, 0) is 9.59 Å². The number of rotatable bonds is 41. The number of carbonyl (C=O) groups is 2. The third-order valence-electron chi connectivity index (χ3n) is 11.3. The lowest BCUT2D eigenvalue weighted by Gasteiger charge is -2.35. The van der Waals surface area contributed by atoms with Crippen molar-refractivity contribution in [1.82, 2.24) is 10.6 Å². The van der Waals surface area contributed by atoms with Gasteiger partial charge in [-0.2, -0.15) is 0 Å². The van der Waals surface area contributed by atoms with E-state index in [4.69, 9.17) is 0 Å². The maximum Gasteiger partial charge on any atom is 0.219 e. The number of hydrogen-bond donors (Lipinski definition) is 2. The van der Waals surface area contributed by atoms with Crippen LogP contribution in [0.4, 0.5) is 0 Å². The van der Waals surface area contributed by atoms with Gasteiger partial charge in [0.05, 0.1) is 26.7 Å². The van der Waals surface area contributed by atoms with Crippen LogP contribution in [0.1, 0.15) is 240 Å². The van der Waals surface area contributed by atoms with Gasteiger partial charge >= 0.3 is 0 Å². The molecule has 2 amide bonds. The summed E-state index contributed by atoms with van der Waals surface area (Å²) in [5.41, 5.74) is 0. The predicted molar refractivity (Wildman–Crippen MR) is 230 cm³/mol. The first-order valence-corrected chi connectivity index (χ1v) is 23.6. The van der Waals surface area contributed by atoms with Crippen molar-refractivity contribution in [2.45, 2.75) is 240 Å². The first-order chi connectivity index (χ1) is 25.2. The van der Waals surface area contributed by atoms with Gasteiger partial charge in [-0.05, 0) is 31.1 Å². The van der Waals surface area contributed by atoms with Gasteiger partial charge in [-0.15, -0.1) is 0 Å². The van der Waals surface area contributed by atoms with Crippen molar-refractivity contribution in [3.8, 4) is 0 Å². The minimum Gasteiger partial charge on any atom is -0.356 e. The molecule has 0 rings (SSSR count). The molecule has 0 atom stereocenters. The average Bonchev–Trinajstić information content (AvgIpc) is 3.11. The molecule has 0 aromatic heterocycles. The molecular formula is C47H96N3O2+. The quantitative estimate of drug-likeness (QED) is 0.0485. The maximum absolute atomic E-state index is 12.4. The van der Waals surface area contributed by atoms with E-state index in [0.29, 0.717) is 12.8 Å². The van der Waals surface area contributed by atoms with Crippen LogP contribution in [0.5, 0.6) is 0 Å². The minimum absolute atomic E-state index is 0.229. The Bertz CT molecular complexity index is 712. The fourth-order valence-electron chi connectivity index (χ4n) is 7.64. The largest absolute Gasteiger partial charge is 0.356 e. The Kier molecular flexibility index (Phi) is 37.4. The molecule has 0 aliphatic heterocycles. The lowest BCUT2D eigenvalue weighted by Crippen LogP contribution is -2.48. The zero-order chi connectivity index (χ0) is 38.4. The highest BCUT2D eigenvalue weighted by atomic mass is 16.2. The summed E-state index contributed by atoms with van der Waals surface area (Å²) in [5.74, 6) is 2.18. The molecule has 0 heterocycles. The van der Waals surface area contributed by atoms with E-state index >= 15 is 0 Å². The van der Waals surface area contributed by atoms with Crippen LogP contribution in [0.15, 0.2) is 0 Å². The Hall–Kier alpha value is -1.10. The molecule has 310 valence electrons. The van der Waals surface area contributed by atoms with E-state index in [1.807, 2.05) is 0 Å². The van der Waals surface area contributed by atoms with E-state index < -0.39 is 0 Å². The van der Waals surface area contributed by atoms with Crippen molar-refractivity contribution in [2.75, 3.05) is 39.8 Å². The first kappa shape index (κ1) is 50.9. The summed E-state index contributed by atoms with van der Waals surface area (Å²) in [4.78, 5) is 24.8. The van der Waals surface area contributed by atoms with Crippen LogP contribution in [0, 0.1) is 11.8 Å². The molecule has 0 fully saturated rings. The molecule has 0 saturated carbocycles. The van der Waals surface area contributed by atoms with Crippen molar-refractivity contribution in [3.63, 3.8) is 0 Å². The molecule has 0 bridgehead atoms. The van der Waals surface area contributed by atoms with Crippen LogP contribution in [-0.4, -0.2) is 56.1 Å². The number of quaternary nitrogens is 1. The van der Waals surface area contributed by atoms with E-state index in [1.54, 1.807) is 0 Å². The molecule has 0 spiro atoms. The average molecular weight is 735 g/mol. The second-order valence-corrected chi connectivity index (χ2v) is 17.9. The molecule has 0 aliphatic carbocycles. The van der Waals surface area contributed by atoms with Gasteiger partial charge in [-0.1, -0.05) is 195 Å². The molecule has 52 heavy (non-hydrogen) atoms.